The summed E-state index contributed by atoms with van der Waals surface area (Å²) in [5.74, 6) is -1.32. The number of aromatic amines is 1. The highest BCUT2D eigenvalue weighted by Gasteiger charge is 2.31. The minimum absolute atomic E-state index is 0.0572. The Morgan fingerprint density at radius 3 is 2.65 bits per heavy atom. The number of pyridine rings is 1. The maximum absolute atomic E-state index is 14.5. The van der Waals surface area contributed by atoms with Gasteiger partial charge in [-0.2, -0.15) is 13.2 Å². The number of aromatic nitrogens is 5. The molecule has 3 N–H and O–H groups in total. The van der Waals surface area contributed by atoms with Gasteiger partial charge in [0, 0.05) is 27.5 Å². The third kappa shape index (κ3) is 5.11. The van der Waals surface area contributed by atoms with Crippen molar-refractivity contribution in [3.05, 3.63) is 88.8 Å². The average molecular weight is 572 g/mol. The van der Waals surface area contributed by atoms with E-state index in [1.807, 2.05) is 0 Å². The monoisotopic (exact) mass is 571 g/mol. The Hall–Kier alpha value is -4.39. The van der Waals surface area contributed by atoms with Crippen LogP contribution < -0.4 is 10.6 Å². The van der Waals surface area contributed by atoms with E-state index in [2.05, 4.69) is 51.5 Å². The lowest BCUT2D eigenvalue weighted by Gasteiger charge is -2.14. The molecule has 0 fully saturated rings. The molecule has 37 heavy (non-hydrogen) atoms. The lowest BCUT2D eigenvalue weighted by atomic mass is 10.1. The van der Waals surface area contributed by atoms with Crippen LogP contribution in [0.2, 0.25) is 0 Å². The van der Waals surface area contributed by atoms with E-state index in [0.29, 0.717) is 40.0 Å². The predicted molar refractivity (Wildman–Crippen MR) is 132 cm³/mol. The van der Waals surface area contributed by atoms with E-state index in [1.165, 1.54) is 30.9 Å². The number of H-pyrrole nitrogens is 1. The van der Waals surface area contributed by atoms with Crippen molar-refractivity contribution < 1.29 is 22.4 Å². The Bertz CT molecular complexity index is 1640. The zero-order chi connectivity index (χ0) is 26.2. The Kier molecular flexibility index (Phi) is 6.29. The van der Waals surface area contributed by atoms with Crippen LogP contribution in [0, 0.1) is 5.82 Å². The second-order valence-electron chi connectivity index (χ2n) is 7.72. The molecular formula is C24H14BrF4N7O. The molecule has 0 bridgehead atoms. The molecule has 0 atom stereocenters. The van der Waals surface area contributed by atoms with Gasteiger partial charge in [-0.1, -0.05) is 15.9 Å². The molecule has 0 saturated carbocycles. The lowest BCUT2D eigenvalue weighted by molar-refractivity contribution is -0.137. The molecule has 0 unspecified atom stereocenters. The van der Waals surface area contributed by atoms with E-state index < -0.39 is 23.5 Å². The summed E-state index contributed by atoms with van der Waals surface area (Å²) in [6, 6.07) is 10.1. The van der Waals surface area contributed by atoms with Crippen molar-refractivity contribution in [2.45, 2.75) is 6.18 Å². The predicted octanol–water partition coefficient (Wildman–Crippen LogP) is 6.33. The molecule has 5 rings (SSSR count). The van der Waals surface area contributed by atoms with Crippen molar-refractivity contribution in [2.75, 3.05) is 10.6 Å². The number of nitrogens with one attached hydrogen (secondary N) is 3. The molecule has 0 radical (unpaired) electrons. The topological polar surface area (TPSA) is 108 Å². The SMILES string of the molecule is O=C(Nc1cc(Nc2ncccc2-c2ncnc3[nH]cnc23)ccc1F)c1cc(Br)cc(C(F)(F)F)c1. The molecule has 0 spiro atoms. The van der Waals surface area contributed by atoms with Crippen LogP contribution in [0.4, 0.5) is 34.8 Å². The van der Waals surface area contributed by atoms with E-state index in [1.54, 1.807) is 18.3 Å². The highest BCUT2D eigenvalue weighted by atomic mass is 79.9. The number of imidazole rings is 1. The smallest absolute Gasteiger partial charge is 0.340 e. The third-order valence-electron chi connectivity index (χ3n) is 5.24. The van der Waals surface area contributed by atoms with Gasteiger partial charge in [0.1, 0.15) is 29.2 Å². The highest BCUT2D eigenvalue weighted by Crippen LogP contribution is 2.33. The fourth-order valence-electron chi connectivity index (χ4n) is 3.57. The molecule has 0 aliphatic carbocycles. The van der Waals surface area contributed by atoms with Crippen LogP contribution in [0.1, 0.15) is 15.9 Å². The fraction of sp³-hybridized carbons (Fsp3) is 0.0417. The van der Waals surface area contributed by atoms with Crippen molar-refractivity contribution in [1.29, 1.82) is 0 Å². The van der Waals surface area contributed by atoms with Crippen molar-refractivity contribution >= 4 is 50.2 Å². The molecule has 3 heterocycles. The van der Waals surface area contributed by atoms with Gasteiger partial charge >= 0.3 is 6.18 Å². The van der Waals surface area contributed by atoms with Gasteiger partial charge in [0.15, 0.2) is 5.65 Å². The molecule has 1 amide bonds. The number of alkyl halides is 3. The normalized spacial score (nSPS) is 11.5. The average Bonchev–Trinajstić information content (AvgIpc) is 3.35. The molecule has 13 heteroatoms. The number of hydrogen-bond acceptors (Lipinski definition) is 6. The Morgan fingerprint density at radius 1 is 1.00 bits per heavy atom. The molecule has 8 nitrogen and oxygen atoms in total. The van der Waals surface area contributed by atoms with E-state index in [9.17, 15) is 22.4 Å². The number of halogens is 5. The van der Waals surface area contributed by atoms with Crippen molar-refractivity contribution in [3.8, 4) is 11.3 Å². The number of carbonyl (C=O) groups is 1. The number of carbonyl (C=O) groups excluding carboxylic acids is 1. The van der Waals surface area contributed by atoms with Crippen LogP contribution in [-0.4, -0.2) is 30.8 Å². The summed E-state index contributed by atoms with van der Waals surface area (Å²) in [6.45, 7) is 0. The van der Waals surface area contributed by atoms with Gasteiger partial charge in [0.25, 0.3) is 5.91 Å². The molecule has 186 valence electrons. The van der Waals surface area contributed by atoms with Crippen LogP contribution in [-0.2, 0) is 6.18 Å². The minimum Gasteiger partial charge on any atom is -0.340 e. The summed E-state index contributed by atoms with van der Waals surface area (Å²) in [5.41, 5.74) is 0.968. The second-order valence-corrected chi connectivity index (χ2v) is 8.64. The number of hydrogen-bond donors (Lipinski definition) is 3. The summed E-state index contributed by atoms with van der Waals surface area (Å²) in [5, 5.41) is 5.39. The van der Waals surface area contributed by atoms with Gasteiger partial charge in [-0.3, -0.25) is 4.79 Å². The molecule has 0 aliphatic rings. The summed E-state index contributed by atoms with van der Waals surface area (Å²) >= 11 is 2.97. The number of nitrogens with zero attached hydrogens (tertiary/aromatic N) is 4. The van der Waals surface area contributed by atoms with Crippen molar-refractivity contribution in [2.24, 2.45) is 0 Å². The first-order valence-corrected chi connectivity index (χ1v) is 11.3. The maximum Gasteiger partial charge on any atom is 0.416 e. The minimum atomic E-state index is -4.65. The van der Waals surface area contributed by atoms with E-state index >= 15 is 0 Å². The van der Waals surface area contributed by atoms with Gasteiger partial charge in [-0.25, -0.2) is 24.3 Å². The first-order valence-electron chi connectivity index (χ1n) is 10.5. The number of fused-ring (bicyclic) bond motifs is 1. The highest BCUT2D eigenvalue weighted by molar-refractivity contribution is 9.10. The fourth-order valence-corrected chi connectivity index (χ4v) is 4.07. The number of benzene rings is 2. The summed E-state index contributed by atoms with van der Waals surface area (Å²) < 4.78 is 54.0. The van der Waals surface area contributed by atoms with Gasteiger partial charge in [-0.15, -0.1) is 0 Å². The third-order valence-corrected chi connectivity index (χ3v) is 5.70. The molecular weight excluding hydrogens is 558 g/mol. The molecule has 5 aromatic rings. The first-order chi connectivity index (χ1) is 17.7. The quantitative estimate of drug-likeness (QED) is 0.213. The van der Waals surface area contributed by atoms with Crippen molar-refractivity contribution in [3.63, 3.8) is 0 Å². The van der Waals surface area contributed by atoms with E-state index in [0.717, 1.165) is 12.1 Å². The Morgan fingerprint density at radius 2 is 1.84 bits per heavy atom. The summed E-state index contributed by atoms with van der Waals surface area (Å²) in [7, 11) is 0. The van der Waals surface area contributed by atoms with Gasteiger partial charge in [0.05, 0.1) is 17.6 Å². The van der Waals surface area contributed by atoms with Crippen LogP contribution >= 0.6 is 15.9 Å². The zero-order valence-corrected chi connectivity index (χ0v) is 20.0. The van der Waals surface area contributed by atoms with Gasteiger partial charge in [-0.05, 0) is 48.5 Å². The Labute approximate surface area is 214 Å². The first kappa shape index (κ1) is 24.3. The molecule has 3 aromatic heterocycles. The van der Waals surface area contributed by atoms with Crippen molar-refractivity contribution in [1.82, 2.24) is 24.9 Å². The van der Waals surface area contributed by atoms with Gasteiger partial charge < -0.3 is 15.6 Å². The second kappa shape index (κ2) is 9.58. The number of rotatable bonds is 5. The largest absolute Gasteiger partial charge is 0.416 e. The maximum atomic E-state index is 14.5. The Balaban J connectivity index is 1.44. The molecule has 0 saturated heterocycles. The van der Waals surface area contributed by atoms with Crippen LogP contribution in [0.25, 0.3) is 22.4 Å². The summed E-state index contributed by atoms with van der Waals surface area (Å²) in [6.07, 6.45) is -0.236. The van der Waals surface area contributed by atoms with Crippen LogP contribution in [0.3, 0.4) is 0 Å². The standard InChI is InChI=1S/C24H14BrF4N7O/c25-14-7-12(6-13(8-14)24(27,28)29)23(37)36-18-9-15(3-4-17(18)26)35-21-16(2-1-5-30-21)19-20-22(33-10-31-19)34-11-32-20/h1-11H,(H,30,35)(H,36,37)(H,31,32,33,34). The zero-order valence-electron chi connectivity index (χ0n) is 18.4. The van der Waals surface area contributed by atoms with Gasteiger partial charge in [0.2, 0.25) is 0 Å². The lowest BCUT2D eigenvalue weighted by Crippen LogP contribution is -2.15. The van der Waals surface area contributed by atoms with Crippen LogP contribution in [0.15, 0.2) is 71.9 Å². The van der Waals surface area contributed by atoms with Crippen LogP contribution in [0.5, 0.6) is 0 Å². The molecule has 0 aliphatic heterocycles. The summed E-state index contributed by atoms with van der Waals surface area (Å²) in [4.78, 5) is 32.6. The number of amides is 1. The van der Waals surface area contributed by atoms with E-state index in [4.69, 9.17) is 0 Å². The molecule has 2 aromatic carbocycles. The number of anilines is 3. The van der Waals surface area contributed by atoms with E-state index in [-0.39, 0.29) is 15.7 Å².